The first-order valence-electron chi connectivity index (χ1n) is 11.1. The molecule has 32 heavy (non-hydrogen) atoms. The number of hydrogen-bond acceptors (Lipinski definition) is 3. The average molecular weight is 434 g/mol. The normalized spacial score (nSPS) is 19.2. The van der Waals surface area contributed by atoms with Crippen LogP contribution in [0.3, 0.4) is 0 Å². The number of hydrogen-bond donors (Lipinski definition) is 3. The number of benzene rings is 2. The molecule has 1 fully saturated rings. The summed E-state index contributed by atoms with van der Waals surface area (Å²) in [5.41, 5.74) is 4.43. The van der Waals surface area contributed by atoms with Crippen molar-refractivity contribution in [3.63, 3.8) is 0 Å². The van der Waals surface area contributed by atoms with Gasteiger partial charge in [0.2, 0.25) is 0 Å². The smallest absolute Gasteiger partial charge is 0.407 e. The van der Waals surface area contributed by atoms with Gasteiger partial charge in [-0.25, -0.2) is 9.59 Å². The molecule has 2 amide bonds. The maximum Gasteiger partial charge on any atom is 0.407 e. The molecule has 0 spiro atoms. The van der Waals surface area contributed by atoms with Crippen LogP contribution in [-0.2, 0) is 17.8 Å². The molecule has 1 aromatic heterocycles. The Morgan fingerprint density at radius 3 is 2.69 bits per heavy atom. The summed E-state index contributed by atoms with van der Waals surface area (Å²) in [5, 5.41) is 14.2. The van der Waals surface area contributed by atoms with Gasteiger partial charge in [0.1, 0.15) is 6.61 Å². The fraction of sp³-hybridized carbons (Fsp3) is 0.360. The number of carboxylic acid groups (broad SMARTS) is 1. The summed E-state index contributed by atoms with van der Waals surface area (Å²) in [6.07, 6.45) is 1.50. The van der Waals surface area contributed by atoms with Crippen LogP contribution in [0.1, 0.15) is 47.7 Å². The Kier molecular flexibility index (Phi) is 5.04. The number of aromatic nitrogens is 1. The summed E-state index contributed by atoms with van der Waals surface area (Å²) in [7, 11) is 0. The first-order valence-corrected chi connectivity index (χ1v) is 11.1. The van der Waals surface area contributed by atoms with E-state index in [1.54, 1.807) is 0 Å². The minimum atomic E-state index is -0.971. The van der Waals surface area contributed by atoms with Crippen molar-refractivity contribution >= 4 is 23.1 Å². The van der Waals surface area contributed by atoms with Crippen molar-refractivity contribution in [3.8, 4) is 0 Å². The standard InChI is InChI=1S/C25H27N3O4/c1-16-8-9-20-19(14-16)18-10-13-28(24(30)31)22(21(18)26-20)25(11-5-12-25)27-23(29)32-15-17-6-3-2-4-7-17/h2-4,6-9,14,22,26H,5,10-13,15H2,1H3,(H,27,29)(H,30,31). The second-order valence-electron chi connectivity index (χ2n) is 8.89. The molecule has 0 radical (unpaired) electrons. The lowest BCUT2D eigenvalue weighted by Crippen LogP contribution is -2.63. The molecule has 2 heterocycles. The summed E-state index contributed by atoms with van der Waals surface area (Å²) in [6, 6.07) is 15.3. The van der Waals surface area contributed by atoms with Gasteiger partial charge in [0, 0.05) is 23.1 Å². The molecule has 7 nitrogen and oxygen atoms in total. The van der Waals surface area contributed by atoms with Crippen molar-refractivity contribution in [2.24, 2.45) is 0 Å². The molecule has 2 aromatic carbocycles. The third-order valence-corrected chi connectivity index (χ3v) is 6.86. The quantitative estimate of drug-likeness (QED) is 0.545. The van der Waals surface area contributed by atoms with Crippen LogP contribution >= 0.6 is 0 Å². The molecule has 0 bridgehead atoms. The largest absolute Gasteiger partial charge is 0.465 e. The van der Waals surface area contributed by atoms with Gasteiger partial charge in [-0.2, -0.15) is 0 Å². The molecule has 1 unspecified atom stereocenters. The first kappa shape index (κ1) is 20.4. The van der Waals surface area contributed by atoms with Crippen LogP contribution in [0.2, 0.25) is 0 Å². The maximum absolute atomic E-state index is 12.8. The number of carbonyl (C=O) groups excluding carboxylic acids is 1. The van der Waals surface area contributed by atoms with E-state index in [9.17, 15) is 14.7 Å². The van der Waals surface area contributed by atoms with Crippen molar-refractivity contribution in [2.75, 3.05) is 6.54 Å². The van der Waals surface area contributed by atoms with Gasteiger partial charge in [-0.3, -0.25) is 4.90 Å². The number of aromatic amines is 1. The summed E-state index contributed by atoms with van der Waals surface area (Å²) in [6.45, 7) is 2.63. The minimum absolute atomic E-state index is 0.174. The molecular formula is C25H27N3O4. The summed E-state index contributed by atoms with van der Waals surface area (Å²) >= 11 is 0. The fourth-order valence-corrected chi connectivity index (χ4v) is 5.17. The number of nitrogens with zero attached hydrogens (tertiary/aromatic N) is 1. The zero-order chi connectivity index (χ0) is 22.3. The zero-order valence-corrected chi connectivity index (χ0v) is 18.1. The molecule has 2 aliphatic rings. The Hall–Kier alpha value is -3.48. The molecule has 1 aliphatic carbocycles. The Labute approximate surface area is 186 Å². The van der Waals surface area contributed by atoms with E-state index < -0.39 is 23.8 Å². The van der Waals surface area contributed by atoms with Crippen molar-refractivity contribution in [2.45, 2.75) is 50.8 Å². The molecule has 1 aliphatic heterocycles. The number of nitrogens with one attached hydrogen (secondary N) is 2. The molecule has 166 valence electrons. The monoisotopic (exact) mass is 433 g/mol. The maximum atomic E-state index is 12.8. The number of aryl methyl sites for hydroxylation is 1. The third-order valence-electron chi connectivity index (χ3n) is 6.86. The minimum Gasteiger partial charge on any atom is -0.465 e. The van der Waals surface area contributed by atoms with Crippen LogP contribution < -0.4 is 5.32 Å². The number of carbonyl (C=O) groups is 2. The number of fused-ring (bicyclic) bond motifs is 3. The van der Waals surface area contributed by atoms with Gasteiger partial charge in [-0.05, 0) is 55.9 Å². The predicted molar refractivity (Wildman–Crippen MR) is 121 cm³/mol. The highest BCUT2D eigenvalue weighted by Crippen LogP contribution is 2.49. The zero-order valence-electron chi connectivity index (χ0n) is 18.1. The molecule has 3 N–H and O–H groups in total. The van der Waals surface area contributed by atoms with E-state index in [1.165, 1.54) is 4.90 Å². The van der Waals surface area contributed by atoms with Gasteiger partial charge >= 0.3 is 12.2 Å². The number of rotatable bonds is 4. The Morgan fingerprint density at radius 1 is 1.22 bits per heavy atom. The van der Waals surface area contributed by atoms with Gasteiger partial charge < -0.3 is 20.1 Å². The van der Waals surface area contributed by atoms with Gasteiger partial charge in [-0.1, -0.05) is 42.0 Å². The Morgan fingerprint density at radius 2 is 2.00 bits per heavy atom. The topological polar surface area (TPSA) is 94.7 Å². The molecular weight excluding hydrogens is 406 g/mol. The summed E-state index contributed by atoms with van der Waals surface area (Å²) in [4.78, 5) is 29.9. The van der Waals surface area contributed by atoms with Crippen LogP contribution in [0.25, 0.3) is 10.9 Å². The fourth-order valence-electron chi connectivity index (χ4n) is 5.17. The van der Waals surface area contributed by atoms with E-state index in [1.807, 2.05) is 42.5 Å². The van der Waals surface area contributed by atoms with E-state index >= 15 is 0 Å². The van der Waals surface area contributed by atoms with E-state index in [0.717, 1.165) is 39.7 Å². The van der Waals surface area contributed by atoms with Crippen LogP contribution in [0.15, 0.2) is 48.5 Å². The Balaban J connectivity index is 1.46. The predicted octanol–water partition coefficient (Wildman–Crippen LogP) is 4.90. The lowest BCUT2D eigenvalue weighted by molar-refractivity contribution is 0.0268. The van der Waals surface area contributed by atoms with Crippen LogP contribution in [0.5, 0.6) is 0 Å². The molecule has 5 rings (SSSR count). The number of H-pyrrole nitrogens is 1. The van der Waals surface area contributed by atoms with Gasteiger partial charge in [-0.15, -0.1) is 0 Å². The molecule has 1 atom stereocenters. The molecule has 1 saturated carbocycles. The summed E-state index contributed by atoms with van der Waals surface area (Å²) in [5.74, 6) is 0. The van der Waals surface area contributed by atoms with Crippen molar-refractivity contribution in [1.29, 1.82) is 0 Å². The highest BCUT2D eigenvalue weighted by Gasteiger charge is 2.52. The van der Waals surface area contributed by atoms with Crippen molar-refractivity contribution in [1.82, 2.24) is 15.2 Å². The van der Waals surface area contributed by atoms with Crippen molar-refractivity contribution < 1.29 is 19.4 Å². The lowest BCUT2D eigenvalue weighted by Gasteiger charge is -2.52. The SMILES string of the molecule is Cc1ccc2[nH]c3c(c2c1)CCN(C(=O)O)C3C1(NC(=O)OCc2ccccc2)CCC1. The van der Waals surface area contributed by atoms with Crippen LogP contribution in [0, 0.1) is 6.92 Å². The highest BCUT2D eigenvalue weighted by atomic mass is 16.5. The lowest BCUT2D eigenvalue weighted by atomic mass is 9.68. The van der Waals surface area contributed by atoms with E-state index in [4.69, 9.17) is 4.74 Å². The van der Waals surface area contributed by atoms with E-state index in [2.05, 4.69) is 23.3 Å². The van der Waals surface area contributed by atoms with Gasteiger partial charge in [0.25, 0.3) is 0 Å². The second-order valence-corrected chi connectivity index (χ2v) is 8.89. The van der Waals surface area contributed by atoms with Gasteiger partial charge in [0.15, 0.2) is 0 Å². The van der Waals surface area contributed by atoms with Crippen molar-refractivity contribution in [3.05, 3.63) is 70.9 Å². The second kappa shape index (κ2) is 7.89. The van der Waals surface area contributed by atoms with Crippen LogP contribution in [-0.4, -0.2) is 39.3 Å². The third kappa shape index (κ3) is 3.47. The summed E-state index contributed by atoms with van der Waals surface area (Å²) < 4.78 is 5.48. The van der Waals surface area contributed by atoms with Crippen LogP contribution in [0.4, 0.5) is 9.59 Å². The number of alkyl carbamates (subject to hydrolysis) is 1. The Bertz CT molecular complexity index is 1170. The number of amides is 2. The van der Waals surface area contributed by atoms with Gasteiger partial charge in [0.05, 0.1) is 11.6 Å². The first-order chi connectivity index (χ1) is 15.5. The van der Waals surface area contributed by atoms with E-state index in [-0.39, 0.29) is 6.61 Å². The average Bonchev–Trinajstić information content (AvgIpc) is 3.13. The highest BCUT2D eigenvalue weighted by molar-refractivity contribution is 5.86. The molecule has 0 saturated heterocycles. The molecule has 7 heteroatoms. The number of ether oxygens (including phenoxy) is 1. The van der Waals surface area contributed by atoms with E-state index in [0.29, 0.717) is 25.8 Å². The molecule has 3 aromatic rings.